The minimum atomic E-state index is -3.66. The number of nitrogens with zero attached hydrogens (tertiary/aromatic N) is 6. The predicted molar refractivity (Wildman–Crippen MR) is 238 cm³/mol. The molecule has 0 saturated carbocycles. The van der Waals surface area contributed by atoms with Gasteiger partial charge in [-0.05, 0) is 65.7 Å². The molecule has 2 aliphatic rings. The van der Waals surface area contributed by atoms with E-state index in [9.17, 15) is 25.6 Å². The molecule has 0 N–H and O–H groups in total. The largest absolute Gasteiger partial charge is 0.345 e. The van der Waals surface area contributed by atoms with Crippen LogP contribution in [0.3, 0.4) is 0 Å². The molecule has 6 aromatic rings. The summed E-state index contributed by atoms with van der Waals surface area (Å²) >= 11 is 27.3. The van der Waals surface area contributed by atoms with Crippen molar-refractivity contribution in [2.75, 3.05) is 62.2 Å². The Morgan fingerprint density at radius 1 is 0.533 bits per heavy atom. The van der Waals surface area contributed by atoms with Crippen LogP contribution >= 0.6 is 69.1 Å². The van der Waals surface area contributed by atoms with Crippen LogP contribution in [0.25, 0.3) is 0 Å². The number of benzene rings is 4. The maximum atomic E-state index is 13.4. The van der Waals surface area contributed by atoms with Crippen molar-refractivity contribution in [3.8, 4) is 0 Å². The lowest BCUT2D eigenvalue weighted by atomic mass is 10.1. The van der Waals surface area contributed by atoms with E-state index in [-0.39, 0.29) is 19.8 Å². The first kappa shape index (κ1) is 44.6. The number of rotatable bonds is 10. The Morgan fingerprint density at radius 2 is 0.917 bits per heavy atom. The van der Waals surface area contributed by atoms with E-state index in [1.165, 1.54) is 38.1 Å². The highest BCUT2D eigenvalue weighted by Gasteiger charge is 2.32. The van der Waals surface area contributed by atoms with Gasteiger partial charge in [0.05, 0.1) is 21.4 Å². The minimum Gasteiger partial charge on any atom is -0.345 e. The van der Waals surface area contributed by atoms with Crippen molar-refractivity contribution in [2.45, 2.75) is 22.6 Å². The van der Waals surface area contributed by atoms with Crippen molar-refractivity contribution in [1.82, 2.24) is 18.6 Å². The molecule has 0 aliphatic carbocycles. The molecule has 0 bridgehead atoms. The Balaban J connectivity index is 0.000000181. The summed E-state index contributed by atoms with van der Waals surface area (Å²) in [7, 11) is -7.26. The van der Waals surface area contributed by atoms with Gasteiger partial charge in [0.25, 0.3) is 0 Å². The SMILES string of the molecule is O=S(=O)(c1ccccc1Cl)N1CCN(c2nc(Cc3cc(Cl)cc(Cl)c3)cs2)CC1.O=S(=O)(c1ccccc1Cl)N1CCN(c2nc(Cc3cc(F)cc(F)c3)cs2)CC1. The fraction of sp³-hybridized carbons (Fsp3) is 0.250. The monoisotopic (exact) mass is 970 g/mol. The summed E-state index contributed by atoms with van der Waals surface area (Å²) in [6.07, 6.45) is 0.962. The Hall–Kier alpha value is -3.42. The van der Waals surface area contributed by atoms with Crippen LogP contribution in [0, 0.1) is 11.6 Å². The first-order valence-electron chi connectivity index (χ1n) is 18.4. The average molecular weight is 973 g/mol. The quantitative estimate of drug-likeness (QED) is 0.134. The average Bonchev–Trinajstić information content (AvgIpc) is 3.88. The lowest BCUT2D eigenvalue weighted by Gasteiger charge is -2.33. The number of thiazole rings is 2. The molecule has 0 spiro atoms. The number of hydrogen-bond acceptors (Lipinski definition) is 10. The molecule has 20 heteroatoms. The van der Waals surface area contributed by atoms with Crippen LogP contribution in [-0.4, -0.2) is 87.8 Å². The number of hydrogen-bond donors (Lipinski definition) is 0. The third-order valence-electron chi connectivity index (χ3n) is 9.62. The molecule has 2 saturated heterocycles. The van der Waals surface area contributed by atoms with Crippen molar-refractivity contribution < 1.29 is 25.6 Å². The fourth-order valence-corrected chi connectivity index (χ4v) is 12.9. The number of halogens is 6. The zero-order valence-corrected chi connectivity index (χ0v) is 37.8. The van der Waals surface area contributed by atoms with Gasteiger partial charge < -0.3 is 9.80 Å². The van der Waals surface area contributed by atoms with Crippen molar-refractivity contribution in [3.63, 3.8) is 0 Å². The molecule has 0 unspecified atom stereocenters. The Bertz CT molecular complexity index is 2470. The van der Waals surface area contributed by atoms with E-state index in [2.05, 4.69) is 9.88 Å². The van der Waals surface area contributed by atoms with Gasteiger partial charge in [-0.3, -0.25) is 0 Å². The van der Waals surface area contributed by atoms with Gasteiger partial charge in [0.2, 0.25) is 20.0 Å². The van der Waals surface area contributed by atoms with E-state index in [1.54, 1.807) is 59.9 Å². The van der Waals surface area contributed by atoms with E-state index in [4.69, 9.17) is 51.4 Å². The lowest BCUT2D eigenvalue weighted by Crippen LogP contribution is -2.48. The van der Waals surface area contributed by atoms with Gasteiger partial charge in [0, 0.05) is 92.1 Å². The molecule has 4 aromatic carbocycles. The molecular formula is C40H36Cl4F2N6O4S4. The van der Waals surface area contributed by atoms with Crippen molar-refractivity contribution >= 4 is 99.4 Å². The summed E-state index contributed by atoms with van der Waals surface area (Å²) in [6.45, 7) is 3.52. The van der Waals surface area contributed by atoms with Crippen LogP contribution in [0.4, 0.5) is 19.0 Å². The first-order chi connectivity index (χ1) is 28.6. The second-order valence-corrected chi connectivity index (χ2v) is 21.0. The van der Waals surface area contributed by atoms with E-state index in [1.807, 2.05) is 27.8 Å². The summed E-state index contributed by atoms with van der Waals surface area (Å²) in [5, 5.41) is 7.16. The van der Waals surface area contributed by atoms with E-state index in [0.29, 0.717) is 86.5 Å². The Labute approximate surface area is 375 Å². The molecular weight excluding hydrogens is 937 g/mol. The molecule has 2 aliphatic heterocycles. The highest BCUT2D eigenvalue weighted by molar-refractivity contribution is 7.89. The van der Waals surface area contributed by atoms with E-state index in [0.717, 1.165) is 27.6 Å². The molecule has 0 atom stereocenters. The van der Waals surface area contributed by atoms with Gasteiger partial charge in [-0.2, -0.15) is 8.61 Å². The van der Waals surface area contributed by atoms with Crippen molar-refractivity contribution in [2.24, 2.45) is 0 Å². The topological polar surface area (TPSA) is 107 Å². The third kappa shape index (κ3) is 10.8. The zero-order chi connectivity index (χ0) is 42.6. The highest BCUT2D eigenvalue weighted by Crippen LogP contribution is 2.30. The zero-order valence-electron chi connectivity index (χ0n) is 31.5. The van der Waals surface area contributed by atoms with Gasteiger partial charge in [0.1, 0.15) is 21.4 Å². The summed E-state index contributed by atoms with van der Waals surface area (Å²) in [6, 6.07) is 21.8. The Kier molecular flexibility index (Phi) is 14.4. The molecule has 8 rings (SSSR count). The lowest BCUT2D eigenvalue weighted by molar-refractivity contribution is 0.384. The molecule has 4 heterocycles. The van der Waals surface area contributed by atoms with Crippen LogP contribution in [-0.2, 0) is 32.9 Å². The van der Waals surface area contributed by atoms with Gasteiger partial charge in [-0.15, -0.1) is 22.7 Å². The minimum absolute atomic E-state index is 0.110. The van der Waals surface area contributed by atoms with Gasteiger partial charge in [-0.25, -0.2) is 35.6 Å². The number of anilines is 2. The normalized spacial score (nSPS) is 15.5. The van der Waals surface area contributed by atoms with E-state index >= 15 is 0 Å². The van der Waals surface area contributed by atoms with Crippen LogP contribution in [0.1, 0.15) is 22.5 Å². The summed E-state index contributed by atoms with van der Waals surface area (Å²) < 4.78 is 81.2. The first-order valence-corrected chi connectivity index (χ1v) is 24.6. The molecule has 2 aromatic heterocycles. The molecule has 0 radical (unpaired) electrons. The second kappa shape index (κ2) is 19.3. The maximum absolute atomic E-state index is 13.4. The van der Waals surface area contributed by atoms with Crippen LogP contribution in [0.2, 0.25) is 20.1 Å². The van der Waals surface area contributed by atoms with Gasteiger partial charge in [0.15, 0.2) is 10.3 Å². The molecule has 2 fully saturated rings. The standard InChI is InChI=1S/C20H18Cl3N3O2S2.C20H18ClF2N3O2S2/c21-15-9-14(10-16(22)12-15)11-17-13-29-20(24-17)25-5-7-26(8-6-25)30(27,28)19-4-2-1-3-18(19)23;21-18-3-1-2-4-19(18)30(27,28)26-7-5-25(6-8-26)20-24-17(13-29-20)11-14-9-15(22)12-16(23)10-14/h2*1-4,9-10,12-13H,5-8,11H2. The van der Waals surface area contributed by atoms with Crippen molar-refractivity contribution in [1.29, 1.82) is 0 Å². The molecule has 0 amide bonds. The van der Waals surface area contributed by atoms with E-state index < -0.39 is 31.7 Å². The Morgan fingerprint density at radius 3 is 1.32 bits per heavy atom. The van der Waals surface area contributed by atoms with Crippen LogP contribution in [0.15, 0.2) is 105 Å². The highest BCUT2D eigenvalue weighted by atomic mass is 35.5. The molecule has 10 nitrogen and oxygen atoms in total. The predicted octanol–water partition coefficient (Wildman–Crippen LogP) is 9.38. The number of sulfonamides is 2. The van der Waals surface area contributed by atoms with Crippen molar-refractivity contribution in [3.05, 3.63) is 150 Å². The fourth-order valence-electron chi connectivity index (χ4n) is 6.72. The number of piperazine rings is 2. The second-order valence-electron chi connectivity index (χ2n) is 13.8. The summed E-state index contributed by atoms with van der Waals surface area (Å²) in [5.74, 6) is -1.23. The summed E-state index contributed by atoms with van der Waals surface area (Å²) in [5.41, 5.74) is 3.16. The van der Waals surface area contributed by atoms with Gasteiger partial charge in [-0.1, -0.05) is 70.7 Å². The smallest absolute Gasteiger partial charge is 0.244 e. The van der Waals surface area contributed by atoms with Crippen LogP contribution < -0.4 is 9.80 Å². The van der Waals surface area contributed by atoms with Gasteiger partial charge >= 0.3 is 0 Å². The maximum Gasteiger partial charge on any atom is 0.244 e. The molecule has 60 heavy (non-hydrogen) atoms. The summed E-state index contributed by atoms with van der Waals surface area (Å²) in [4.78, 5) is 13.7. The third-order valence-corrected chi connectivity index (χ3v) is 16.8. The molecule has 316 valence electrons. The van der Waals surface area contributed by atoms with Crippen LogP contribution in [0.5, 0.6) is 0 Å². The number of aromatic nitrogens is 2.